The molecule has 3 nitrogen and oxygen atoms in total. The van der Waals surface area contributed by atoms with Crippen LogP contribution >= 0.6 is 23.2 Å². The number of nitrogens with one attached hydrogen (secondary N) is 1. The van der Waals surface area contributed by atoms with Crippen LogP contribution in [-0.4, -0.2) is 10.9 Å². The molecule has 0 atom stereocenters. The van der Waals surface area contributed by atoms with Crippen molar-refractivity contribution in [1.82, 2.24) is 10.3 Å². The molecule has 0 aliphatic carbocycles. The van der Waals surface area contributed by atoms with Gasteiger partial charge >= 0.3 is 0 Å². The lowest BCUT2D eigenvalue weighted by Gasteiger charge is -2.07. The first-order valence-electron chi connectivity index (χ1n) is 5.81. The summed E-state index contributed by atoms with van der Waals surface area (Å²) in [6, 6.07) is 5.89. The average molecular weight is 313 g/mol. The molecule has 0 radical (unpaired) electrons. The summed E-state index contributed by atoms with van der Waals surface area (Å²) in [5.41, 5.74) is 1.73. The Balaban J connectivity index is 2.06. The fourth-order valence-electron chi connectivity index (χ4n) is 1.62. The number of pyridine rings is 1. The summed E-state index contributed by atoms with van der Waals surface area (Å²) in [5, 5.41) is 3.04. The molecule has 1 aromatic heterocycles. The Kier molecular flexibility index (Phi) is 4.57. The standard InChI is InChI=1S/C14H11Cl2FN2O/c1-8-4-11(15)10(7-18-8)14(20)19-6-9-2-3-13(17)12(16)5-9/h2-5,7H,6H2,1H3,(H,19,20). The van der Waals surface area contributed by atoms with Crippen molar-refractivity contribution in [3.63, 3.8) is 0 Å². The molecule has 0 bridgehead atoms. The van der Waals surface area contributed by atoms with Crippen molar-refractivity contribution < 1.29 is 9.18 Å². The zero-order valence-corrected chi connectivity index (χ0v) is 12.1. The second kappa shape index (κ2) is 6.20. The van der Waals surface area contributed by atoms with Gasteiger partial charge in [-0.1, -0.05) is 29.3 Å². The Morgan fingerprint density at radius 1 is 1.30 bits per heavy atom. The summed E-state index contributed by atoms with van der Waals surface area (Å²) in [4.78, 5) is 16.0. The SMILES string of the molecule is Cc1cc(Cl)c(C(=O)NCc2ccc(F)c(Cl)c2)cn1. The number of aryl methyl sites for hydroxylation is 1. The number of halogens is 3. The van der Waals surface area contributed by atoms with E-state index in [0.29, 0.717) is 16.1 Å². The lowest BCUT2D eigenvalue weighted by Crippen LogP contribution is -2.23. The van der Waals surface area contributed by atoms with Crippen LogP contribution in [0.5, 0.6) is 0 Å². The highest BCUT2D eigenvalue weighted by Gasteiger charge is 2.11. The average Bonchev–Trinajstić information content (AvgIpc) is 2.40. The van der Waals surface area contributed by atoms with Gasteiger partial charge in [0.15, 0.2) is 0 Å². The summed E-state index contributed by atoms with van der Waals surface area (Å²) >= 11 is 11.7. The van der Waals surface area contributed by atoms with Crippen molar-refractivity contribution in [2.24, 2.45) is 0 Å². The van der Waals surface area contributed by atoms with E-state index in [1.807, 2.05) is 0 Å². The number of hydrogen-bond donors (Lipinski definition) is 1. The number of carbonyl (C=O) groups excluding carboxylic acids is 1. The number of rotatable bonds is 3. The van der Waals surface area contributed by atoms with Gasteiger partial charge in [-0.15, -0.1) is 0 Å². The predicted octanol–water partition coefficient (Wildman–Crippen LogP) is 3.77. The quantitative estimate of drug-likeness (QED) is 0.937. The van der Waals surface area contributed by atoms with Gasteiger partial charge in [-0.3, -0.25) is 9.78 Å². The van der Waals surface area contributed by atoms with E-state index in [-0.39, 0.29) is 17.5 Å². The second-order valence-electron chi connectivity index (χ2n) is 4.24. The minimum atomic E-state index is -0.493. The number of nitrogens with zero attached hydrogens (tertiary/aromatic N) is 1. The van der Waals surface area contributed by atoms with Gasteiger partial charge in [0.05, 0.1) is 15.6 Å². The fraction of sp³-hybridized carbons (Fsp3) is 0.143. The third kappa shape index (κ3) is 3.46. The van der Waals surface area contributed by atoms with Gasteiger partial charge in [0.2, 0.25) is 0 Å². The van der Waals surface area contributed by atoms with Crippen LogP contribution in [0.15, 0.2) is 30.5 Å². The van der Waals surface area contributed by atoms with Gasteiger partial charge in [0.25, 0.3) is 5.91 Å². The van der Waals surface area contributed by atoms with E-state index < -0.39 is 5.82 Å². The smallest absolute Gasteiger partial charge is 0.254 e. The molecule has 0 aliphatic heterocycles. The maximum atomic E-state index is 13.0. The molecule has 0 spiro atoms. The summed E-state index contributed by atoms with van der Waals surface area (Å²) in [5.74, 6) is -0.838. The molecule has 20 heavy (non-hydrogen) atoms. The largest absolute Gasteiger partial charge is 0.348 e. The number of amides is 1. The van der Waals surface area contributed by atoms with Crippen molar-refractivity contribution in [3.8, 4) is 0 Å². The van der Waals surface area contributed by atoms with Crippen molar-refractivity contribution in [2.75, 3.05) is 0 Å². The first-order valence-corrected chi connectivity index (χ1v) is 6.57. The second-order valence-corrected chi connectivity index (χ2v) is 5.05. The Morgan fingerprint density at radius 3 is 2.70 bits per heavy atom. The normalized spacial score (nSPS) is 10.4. The monoisotopic (exact) mass is 312 g/mol. The van der Waals surface area contributed by atoms with Crippen molar-refractivity contribution in [1.29, 1.82) is 0 Å². The van der Waals surface area contributed by atoms with E-state index >= 15 is 0 Å². The van der Waals surface area contributed by atoms with E-state index in [0.717, 1.165) is 5.69 Å². The van der Waals surface area contributed by atoms with Crippen LogP contribution in [0.2, 0.25) is 10.0 Å². The minimum Gasteiger partial charge on any atom is -0.348 e. The zero-order chi connectivity index (χ0) is 14.7. The van der Waals surface area contributed by atoms with Gasteiger partial charge in [-0.05, 0) is 30.7 Å². The fourth-order valence-corrected chi connectivity index (χ4v) is 2.12. The highest BCUT2D eigenvalue weighted by Crippen LogP contribution is 2.17. The molecule has 2 rings (SSSR count). The molecular formula is C14H11Cl2FN2O. The highest BCUT2D eigenvalue weighted by molar-refractivity contribution is 6.33. The number of carbonyl (C=O) groups is 1. The van der Waals surface area contributed by atoms with Crippen molar-refractivity contribution in [2.45, 2.75) is 13.5 Å². The molecule has 6 heteroatoms. The lowest BCUT2D eigenvalue weighted by atomic mass is 10.2. The summed E-state index contributed by atoms with van der Waals surface area (Å²) < 4.78 is 13.0. The van der Waals surface area contributed by atoms with Crippen LogP contribution in [0.1, 0.15) is 21.6 Å². The molecule has 1 amide bonds. The summed E-state index contributed by atoms with van der Waals surface area (Å²) in [7, 11) is 0. The van der Waals surface area contributed by atoms with Crippen LogP contribution in [-0.2, 0) is 6.54 Å². The first-order chi connectivity index (χ1) is 9.47. The Bertz CT molecular complexity index is 662. The van der Waals surface area contributed by atoms with E-state index in [2.05, 4.69) is 10.3 Å². The predicted molar refractivity (Wildman–Crippen MR) is 76.6 cm³/mol. The van der Waals surface area contributed by atoms with Crippen molar-refractivity contribution >= 4 is 29.1 Å². The molecule has 0 fully saturated rings. The zero-order valence-electron chi connectivity index (χ0n) is 10.6. The van der Waals surface area contributed by atoms with Crippen LogP contribution in [0.25, 0.3) is 0 Å². The number of hydrogen-bond acceptors (Lipinski definition) is 2. The van der Waals surface area contributed by atoms with Crippen molar-refractivity contribution in [3.05, 3.63) is 63.1 Å². The molecule has 2 aromatic rings. The first kappa shape index (κ1) is 14.8. The minimum absolute atomic E-state index is 0.0202. The molecule has 0 unspecified atom stereocenters. The maximum Gasteiger partial charge on any atom is 0.254 e. The van der Waals surface area contributed by atoms with E-state index in [4.69, 9.17) is 23.2 Å². The molecule has 0 aliphatic rings. The Labute approximate surface area is 125 Å². The Hall–Kier alpha value is -1.65. The third-order valence-electron chi connectivity index (χ3n) is 2.67. The van der Waals surface area contributed by atoms with Gasteiger partial charge in [0, 0.05) is 18.4 Å². The van der Waals surface area contributed by atoms with Gasteiger partial charge in [0.1, 0.15) is 5.82 Å². The molecule has 0 saturated carbocycles. The molecule has 0 saturated heterocycles. The highest BCUT2D eigenvalue weighted by atomic mass is 35.5. The molecular weight excluding hydrogens is 302 g/mol. The molecule has 1 heterocycles. The Morgan fingerprint density at radius 2 is 2.05 bits per heavy atom. The van der Waals surface area contributed by atoms with E-state index in [1.54, 1.807) is 19.1 Å². The van der Waals surface area contributed by atoms with Crippen LogP contribution in [0.4, 0.5) is 4.39 Å². The third-order valence-corrected chi connectivity index (χ3v) is 3.27. The molecule has 1 aromatic carbocycles. The van der Waals surface area contributed by atoms with E-state index in [1.165, 1.54) is 18.3 Å². The molecule has 1 N–H and O–H groups in total. The van der Waals surface area contributed by atoms with Crippen LogP contribution < -0.4 is 5.32 Å². The van der Waals surface area contributed by atoms with E-state index in [9.17, 15) is 9.18 Å². The summed E-state index contributed by atoms with van der Waals surface area (Å²) in [6.07, 6.45) is 1.42. The number of benzene rings is 1. The lowest BCUT2D eigenvalue weighted by molar-refractivity contribution is 0.0950. The summed E-state index contributed by atoms with van der Waals surface area (Å²) in [6.45, 7) is 2.01. The van der Waals surface area contributed by atoms with Crippen LogP contribution in [0.3, 0.4) is 0 Å². The molecule has 104 valence electrons. The van der Waals surface area contributed by atoms with Crippen LogP contribution in [0, 0.1) is 12.7 Å². The van der Waals surface area contributed by atoms with Gasteiger partial charge in [-0.2, -0.15) is 0 Å². The van der Waals surface area contributed by atoms with Gasteiger partial charge < -0.3 is 5.32 Å². The topological polar surface area (TPSA) is 42.0 Å². The van der Waals surface area contributed by atoms with Gasteiger partial charge in [-0.25, -0.2) is 4.39 Å². The number of aromatic nitrogens is 1. The maximum absolute atomic E-state index is 13.0.